The predicted molar refractivity (Wildman–Crippen MR) is 92.8 cm³/mol. The number of aliphatic carboxylic acids is 1. The number of hydrogen-bond donors (Lipinski definition) is 3. The molecule has 0 radical (unpaired) electrons. The molecule has 1 atom stereocenters. The van der Waals surface area contributed by atoms with E-state index in [-0.39, 0.29) is 6.42 Å². The molecule has 1 amide bonds. The maximum absolute atomic E-state index is 11.9. The molecule has 0 saturated heterocycles. The third-order valence-electron chi connectivity index (χ3n) is 3.25. The van der Waals surface area contributed by atoms with Gasteiger partial charge in [-0.3, -0.25) is 4.79 Å². The minimum absolute atomic E-state index is 0.231. The highest BCUT2D eigenvalue weighted by molar-refractivity contribution is 5.74. The number of carbonyl (C=O) groups excluding carboxylic acids is 1. The van der Waals surface area contributed by atoms with Crippen molar-refractivity contribution >= 4 is 12.1 Å². The Morgan fingerprint density at radius 3 is 2.21 bits per heavy atom. The van der Waals surface area contributed by atoms with Gasteiger partial charge in [-0.05, 0) is 46.6 Å². The highest BCUT2D eigenvalue weighted by Crippen LogP contribution is 2.15. The number of alkyl carbamates (subject to hydrolysis) is 1. The Morgan fingerprint density at radius 2 is 1.71 bits per heavy atom. The summed E-state index contributed by atoms with van der Waals surface area (Å²) in [5, 5.41) is 15.2. The summed E-state index contributed by atoms with van der Waals surface area (Å²) in [5.41, 5.74) is -0.325. The van der Waals surface area contributed by atoms with Gasteiger partial charge >= 0.3 is 12.1 Å². The molecule has 134 valence electrons. The summed E-state index contributed by atoms with van der Waals surface area (Å²) in [6.45, 7) is 9.33. The molecule has 1 aromatic rings. The molecule has 6 nitrogen and oxygen atoms in total. The first kappa shape index (κ1) is 20.0. The van der Waals surface area contributed by atoms with Crippen LogP contribution in [0.4, 0.5) is 4.79 Å². The average Bonchev–Trinajstić information content (AvgIpc) is 2.41. The van der Waals surface area contributed by atoms with E-state index >= 15 is 0 Å². The molecule has 1 unspecified atom stereocenters. The lowest BCUT2D eigenvalue weighted by Crippen LogP contribution is -2.51. The summed E-state index contributed by atoms with van der Waals surface area (Å²) in [5.74, 6) is -0.954. The SMILES string of the molecule is CC(C)(CC(NCc1ccccc1)C(=O)O)NC(=O)OC(C)(C)C. The van der Waals surface area contributed by atoms with Crippen LogP contribution in [0.2, 0.25) is 0 Å². The molecule has 0 spiro atoms. The van der Waals surface area contributed by atoms with Crippen LogP contribution in [0.25, 0.3) is 0 Å². The zero-order valence-corrected chi connectivity index (χ0v) is 15.1. The van der Waals surface area contributed by atoms with Crippen LogP contribution in [-0.2, 0) is 16.1 Å². The van der Waals surface area contributed by atoms with Crippen LogP contribution >= 0.6 is 0 Å². The van der Waals surface area contributed by atoms with Crippen molar-refractivity contribution < 1.29 is 19.4 Å². The quantitative estimate of drug-likeness (QED) is 0.712. The summed E-state index contributed by atoms with van der Waals surface area (Å²) >= 11 is 0. The van der Waals surface area contributed by atoms with Gasteiger partial charge in [-0.2, -0.15) is 0 Å². The highest BCUT2D eigenvalue weighted by atomic mass is 16.6. The molecule has 24 heavy (non-hydrogen) atoms. The van der Waals surface area contributed by atoms with E-state index in [4.69, 9.17) is 4.74 Å². The van der Waals surface area contributed by atoms with E-state index in [1.807, 2.05) is 30.3 Å². The smallest absolute Gasteiger partial charge is 0.408 e. The standard InChI is InChI=1S/C18H28N2O4/c1-17(2,3)24-16(23)20-18(4,5)11-14(15(21)22)19-12-13-9-7-6-8-10-13/h6-10,14,19H,11-12H2,1-5H3,(H,20,23)(H,21,22). The summed E-state index contributed by atoms with van der Waals surface area (Å²) in [4.78, 5) is 23.4. The van der Waals surface area contributed by atoms with Crippen molar-refractivity contribution in [3.63, 3.8) is 0 Å². The van der Waals surface area contributed by atoms with E-state index in [1.165, 1.54) is 0 Å². The second-order valence-corrected chi connectivity index (χ2v) is 7.47. The van der Waals surface area contributed by atoms with Crippen molar-refractivity contribution in [1.82, 2.24) is 10.6 Å². The van der Waals surface area contributed by atoms with Crippen LogP contribution in [0.1, 0.15) is 46.6 Å². The number of benzene rings is 1. The molecule has 0 aliphatic heterocycles. The summed E-state index contributed by atoms with van der Waals surface area (Å²) in [7, 11) is 0. The van der Waals surface area contributed by atoms with E-state index in [2.05, 4.69) is 10.6 Å². The van der Waals surface area contributed by atoms with Crippen LogP contribution in [-0.4, -0.2) is 34.4 Å². The Balaban J connectivity index is 2.62. The van der Waals surface area contributed by atoms with Crippen molar-refractivity contribution in [2.75, 3.05) is 0 Å². The van der Waals surface area contributed by atoms with Gasteiger partial charge in [0.05, 0.1) is 0 Å². The lowest BCUT2D eigenvalue weighted by Gasteiger charge is -2.31. The number of hydrogen-bond acceptors (Lipinski definition) is 4. The van der Waals surface area contributed by atoms with Gasteiger partial charge in [-0.1, -0.05) is 30.3 Å². The number of rotatable bonds is 7. The Labute approximate surface area is 143 Å². The zero-order valence-electron chi connectivity index (χ0n) is 15.1. The Kier molecular flexibility index (Phi) is 6.78. The molecule has 1 aromatic carbocycles. The number of carboxylic acid groups (broad SMARTS) is 1. The number of amides is 1. The minimum Gasteiger partial charge on any atom is -0.480 e. The molecule has 0 aromatic heterocycles. The molecule has 6 heteroatoms. The third kappa shape index (κ3) is 7.97. The van der Waals surface area contributed by atoms with Gasteiger partial charge in [-0.15, -0.1) is 0 Å². The fourth-order valence-corrected chi connectivity index (χ4v) is 2.22. The molecule has 1 rings (SSSR count). The molecule has 0 aliphatic rings. The van der Waals surface area contributed by atoms with E-state index in [0.717, 1.165) is 5.56 Å². The van der Waals surface area contributed by atoms with Crippen LogP contribution in [0.3, 0.4) is 0 Å². The first-order chi connectivity index (χ1) is 11.0. The molecule has 0 fully saturated rings. The topological polar surface area (TPSA) is 87.7 Å². The molecule has 0 heterocycles. The summed E-state index contributed by atoms with van der Waals surface area (Å²) in [6, 6.07) is 8.79. The summed E-state index contributed by atoms with van der Waals surface area (Å²) < 4.78 is 5.23. The fraction of sp³-hybridized carbons (Fsp3) is 0.556. The van der Waals surface area contributed by atoms with E-state index in [9.17, 15) is 14.7 Å². The number of carboxylic acids is 1. The Morgan fingerprint density at radius 1 is 1.12 bits per heavy atom. The molecular weight excluding hydrogens is 308 g/mol. The van der Waals surface area contributed by atoms with Gasteiger partial charge in [0, 0.05) is 12.1 Å². The highest BCUT2D eigenvalue weighted by Gasteiger charge is 2.30. The lowest BCUT2D eigenvalue weighted by molar-refractivity contribution is -0.140. The summed E-state index contributed by atoms with van der Waals surface area (Å²) in [6.07, 6.45) is -0.325. The van der Waals surface area contributed by atoms with Crippen molar-refractivity contribution in [3.05, 3.63) is 35.9 Å². The second kappa shape index (κ2) is 8.15. The number of carbonyl (C=O) groups is 2. The van der Waals surface area contributed by atoms with Crippen molar-refractivity contribution in [3.8, 4) is 0 Å². The minimum atomic E-state index is -0.954. The third-order valence-corrected chi connectivity index (χ3v) is 3.25. The van der Waals surface area contributed by atoms with Crippen LogP contribution < -0.4 is 10.6 Å². The first-order valence-corrected chi connectivity index (χ1v) is 8.00. The Bertz CT molecular complexity index is 550. The van der Waals surface area contributed by atoms with Gasteiger partial charge in [0.2, 0.25) is 0 Å². The molecule has 0 saturated carbocycles. The monoisotopic (exact) mass is 336 g/mol. The van der Waals surface area contributed by atoms with Crippen LogP contribution in [0.5, 0.6) is 0 Å². The number of ether oxygens (including phenoxy) is 1. The molecule has 0 aliphatic carbocycles. The maximum atomic E-state index is 11.9. The van der Waals surface area contributed by atoms with E-state index < -0.39 is 29.2 Å². The van der Waals surface area contributed by atoms with Crippen molar-refractivity contribution in [2.24, 2.45) is 0 Å². The zero-order chi connectivity index (χ0) is 18.4. The van der Waals surface area contributed by atoms with E-state index in [1.54, 1.807) is 34.6 Å². The average molecular weight is 336 g/mol. The normalized spacial score (nSPS) is 13.2. The van der Waals surface area contributed by atoms with Gasteiger partial charge < -0.3 is 20.5 Å². The largest absolute Gasteiger partial charge is 0.480 e. The van der Waals surface area contributed by atoms with Gasteiger partial charge in [-0.25, -0.2) is 4.79 Å². The van der Waals surface area contributed by atoms with Gasteiger partial charge in [0.1, 0.15) is 11.6 Å². The van der Waals surface area contributed by atoms with Crippen LogP contribution in [0, 0.1) is 0 Å². The second-order valence-electron chi connectivity index (χ2n) is 7.47. The Hall–Kier alpha value is -2.08. The van der Waals surface area contributed by atoms with Crippen LogP contribution in [0.15, 0.2) is 30.3 Å². The predicted octanol–water partition coefficient (Wildman–Crippen LogP) is 2.92. The maximum Gasteiger partial charge on any atom is 0.408 e. The van der Waals surface area contributed by atoms with Gasteiger partial charge in [0.25, 0.3) is 0 Å². The van der Waals surface area contributed by atoms with E-state index in [0.29, 0.717) is 6.54 Å². The molecule has 3 N–H and O–H groups in total. The number of nitrogens with one attached hydrogen (secondary N) is 2. The fourth-order valence-electron chi connectivity index (χ4n) is 2.22. The van der Waals surface area contributed by atoms with Gasteiger partial charge in [0.15, 0.2) is 0 Å². The van der Waals surface area contributed by atoms with Crippen molar-refractivity contribution in [2.45, 2.75) is 64.8 Å². The van der Waals surface area contributed by atoms with Crippen molar-refractivity contribution in [1.29, 1.82) is 0 Å². The lowest BCUT2D eigenvalue weighted by atomic mass is 9.95. The molecular formula is C18H28N2O4. The molecule has 0 bridgehead atoms. The first-order valence-electron chi connectivity index (χ1n) is 8.00.